The first kappa shape index (κ1) is 32.0. The van der Waals surface area contributed by atoms with Gasteiger partial charge in [0.2, 0.25) is 0 Å². The molecule has 0 aliphatic heterocycles. The molecule has 0 radical (unpaired) electrons. The van der Waals surface area contributed by atoms with Gasteiger partial charge in [0.05, 0.1) is 19.8 Å². The summed E-state index contributed by atoms with van der Waals surface area (Å²) in [7, 11) is 0. The molecule has 0 heterocycles. The van der Waals surface area contributed by atoms with E-state index < -0.39 is 53.8 Å². The predicted molar refractivity (Wildman–Crippen MR) is 131 cm³/mol. The van der Waals surface area contributed by atoms with Crippen LogP contribution in [0.1, 0.15) is 59.9 Å². The number of carbonyl (C=O) groups is 5. The van der Waals surface area contributed by atoms with Gasteiger partial charge in [-0.25, -0.2) is 19.2 Å². The number of aliphatic carboxylic acids is 1. The molecule has 0 fully saturated rings. The summed E-state index contributed by atoms with van der Waals surface area (Å²) in [6, 6.07) is 2.36. The minimum atomic E-state index is -1.57. The lowest BCUT2D eigenvalue weighted by molar-refractivity contribution is -0.143. The number of carboxylic acids is 1. The molecule has 13 heteroatoms. The molecule has 1 aromatic rings. The van der Waals surface area contributed by atoms with Crippen molar-refractivity contribution in [2.45, 2.75) is 66.0 Å². The van der Waals surface area contributed by atoms with Gasteiger partial charge >= 0.3 is 30.3 Å². The van der Waals surface area contributed by atoms with Crippen LogP contribution in [0, 0.1) is 5.92 Å². The fourth-order valence-corrected chi connectivity index (χ4v) is 3.31. The molecule has 0 bridgehead atoms. The van der Waals surface area contributed by atoms with E-state index in [1.54, 1.807) is 41.5 Å². The number of rotatable bonds is 11. The molecule has 1 aromatic carbocycles. The van der Waals surface area contributed by atoms with E-state index in [0.29, 0.717) is 0 Å². The Balaban J connectivity index is 3.58. The van der Waals surface area contributed by atoms with E-state index in [9.17, 15) is 29.1 Å². The summed E-state index contributed by atoms with van der Waals surface area (Å²) in [5.41, 5.74) is -0.665. The van der Waals surface area contributed by atoms with E-state index >= 15 is 0 Å². The highest BCUT2D eigenvalue weighted by atomic mass is 16.7. The summed E-state index contributed by atoms with van der Waals surface area (Å²) in [5.74, 6) is -4.20. The van der Waals surface area contributed by atoms with E-state index in [0.717, 1.165) is 0 Å². The van der Waals surface area contributed by atoms with Gasteiger partial charge in [0.25, 0.3) is 0 Å². The van der Waals surface area contributed by atoms with Gasteiger partial charge in [-0.2, -0.15) is 0 Å². The summed E-state index contributed by atoms with van der Waals surface area (Å²) >= 11 is 0. The molecule has 0 saturated heterocycles. The molecule has 1 rings (SSSR count). The summed E-state index contributed by atoms with van der Waals surface area (Å²) in [5, 5.41) is 12.4. The minimum Gasteiger partial charge on any atom is -0.480 e. The van der Waals surface area contributed by atoms with Gasteiger partial charge in [0.1, 0.15) is 11.6 Å². The molecule has 2 unspecified atom stereocenters. The third-order valence-electron chi connectivity index (χ3n) is 4.72. The Kier molecular flexibility index (Phi) is 12.3. The van der Waals surface area contributed by atoms with Crippen molar-refractivity contribution in [1.29, 1.82) is 0 Å². The molecule has 0 aromatic heterocycles. The monoisotopic (exact) mass is 541 g/mol. The highest BCUT2D eigenvalue weighted by Crippen LogP contribution is 2.36. The lowest BCUT2D eigenvalue weighted by Crippen LogP contribution is -2.48. The number of carboxylic acid groups (broad SMARTS) is 1. The zero-order valence-electron chi connectivity index (χ0n) is 22.5. The number of ether oxygens (including phenoxy) is 6. The Morgan fingerprint density at radius 3 is 1.95 bits per heavy atom. The fourth-order valence-electron chi connectivity index (χ4n) is 3.31. The maximum atomic E-state index is 12.5. The fraction of sp³-hybridized carbons (Fsp3) is 0.560. The van der Waals surface area contributed by atoms with Crippen LogP contribution in [0.4, 0.5) is 14.4 Å². The first-order valence-corrected chi connectivity index (χ1v) is 11.9. The molecule has 0 aliphatic carbocycles. The zero-order valence-corrected chi connectivity index (χ0v) is 22.5. The van der Waals surface area contributed by atoms with E-state index in [2.05, 4.69) is 5.32 Å². The molecule has 0 aliphatic rings. The predicted octanol–water partition coefficient (Wildman–Crippen LogP) is 4.02. The summed E-state index contributed by atoms with van der Waals surface area (Å²) < 4.78 is 30.1. The number of hydrogen-bond acceptors (Lipinski definition) is 11. The molecule has 13 nitrogen and oxygen atoms in total. The quantitative estimate of drug-likeness (QED) is 0.234. The SMILES string of the molecule is CCOC(=O)Oc1ccc(C(C(C)COC(C)=O)[C@H](NC(=O)OC(C)(C)C)C(=O)O)cc1OC(=O)OCC. The molecular weight excluding hydrogens is 506 g/mol. The van der Waals surface area contributed by atoms with Crippen LogP contribution >= 0.6 is 0 Å². The lowest BCUT2D eigenvalue weighted by atomic mass is 9.81. The topological polar surface area (TPSA) is 173 Å². The standard InChI is InChI=1S/C25H35NO12/c1-8-33-23(31)36-17-11-10-16(12-18(17)37-24(32)34-9-2)19(14(3)13-35-15(4)27)20(21(28)29)26-22(30)38-25(5,6)7/h10-12,14,19-20H,8-9,13H2,1-7H3,(H,26,30)(H,28,29)/t14?,19?,20-/m0/s1. The second kappa shape index (κ2) is 14.6. The van der Waals surface area contributed by atoms with Gasteiger partial charge in [-0.15, -0.1) is 0 Å². The largest absolute Gasteiger partial charge is 0.513 e. The maximum absolute atomic E-state index is 12.5. The number of esters is 1. The summed E-state index contributed by atoms with van der Waals surface area (Å²) in [6.45, 7) is 10.6. The van der Waals surface area contributed by atoms with Gasteiger partial charge in [-0.3, -0.25) is 4.79 Å². The molecule has 3 atom stereocenters. The van der Waals surface area contributed by atoms with Crippen LogP contribution in [0.25, 0.3) is 0 Å². The van der Waals surface area contributed by atoms with Gasteiger partial charge in [-0.05, 0) is 58.2 Å². The van der Waals surface area contributed by atoms with Crippen molar-refractivity contribution >= 4 is 30.3 Å². The number of carbonyl (C=O) groups excluding carboxylic acids is 4. The Bertz CT molecular complexity index is 1000. The van der Waals surface area contributed by atoms with Gasteiger partial charge in [0, 0.05) is 12.8 Å². The van der Waals surface area contributed by atoms with Crippen molar-refractivity contribution in [3.8, 4) is 11.5 Å². The number of nitrogens with one attached hydrogen (secondary N) is 1. The Labute approximate surface area is 220 Å². The first-order chi connectivity index (χ1) is 17.7. The third-order valence-corrected chi connectivity index (χ3v) is 4.72. The van der Waals surface area contributed by atoms with Gasteiger partial charge < -0.3 is 38.8 Å². The van der Waals surface area contributed by atoms with Crippen LogP contribution in [-0.4, -0.2) is 66.9 Å². The van der Waals surface area contributed by atoms with Crippen molar-refractivity contribution in [3.63, 3.8) is 0 Å². The Hall–Kier alpha value is -4.03. The van der Waals surface area contributed by atoms with E-state index in [4.69, 9.17) is 28.4 Å². The van der Waals surface area contributed by atoms with Crippen LogP contribution in [0.3, 0.4) is 0 Å². The number of amides is 1. The van der Waals surface area contributed by atoms with E-state index in [1.807, 2.05) is 0 Å². The highest BCUT2D eigenvalue weighted by Gasteiger charge is 2.37. The number of alkyl carbamates (subject to hydrolysis) is 1. The van der Waals surface area contributed by atoms with Crippen molar-refractivity contribution < 1.29 is 57.5 Å². The molecule has 1 amide bonds. The molecule has 0 saturated carbocycles. The average Bonchev–Trinajstić information content (AvgIpc) is 2.77. The second-order valence-electron chi connectivity index (χ2n) is 9.04. The molecule has 0 spiro atoms. The highest BCUT2D eigenvalue weighted by molar-refractivity contribution is 5.81. The molecule has 38 heavy (non-hydrogen) atoms. The Morgan fingerprint density at radius 2 is 1.47 bits per heavy atom. The second-order valence-corrected chi connectivity index (χ2v) is 9.04. The van der Waals surface area contributed by atoms with Crippen molar-refractivity contribution in [2.24, 2.45) is 5.92 Å². The number of hydrogen-bond donors (Lipinski definition) is 2. The normalized spacial score (nSPS) is 13.2. The van der Waals surface area contributed by atoms with Crippen LogP contribution in [-0.2, 0) is 28.5 Å². The van der Waals surface area contributed by atoms with Crippen molar-refractivity contribution in [3.05, 3.63) is 23.8 Å². The van der Waals surface area contributed by atoms with Crippen LogP contribution in [0.15, 0.2) is 18.2 Å². The van der Waals surface area contributed by atoms with E-state index in [1.165, 1.54) is 25.1 Å². The van der Waals surface area contributed by atoms with Crippen LogP contribution in [0.5, 0.6) is 11.5 Å². The van der Waals surface area contributed by atoms with Gasteiger partial charge in [-0.1, -0.05) is 13.0 Å². The van der Waals surface area contributed by atoms with E-state index in [-0.39, 0.29) is 36.9 Å². The molecule has 2 N–H and O–H groups in total. The average molecular weight is 542 g/mol. The summed E-state index contributed by atoms with van der Waals surface area (Å²) in [4.78, 5) is 60.2. The smallest absolute Gasteiger partial charge is 0.480 e. The van der Waals surface area contributed by atoms with Crippen molar-refractivity contribution in [1.82, 2.24) is 5.32 Å². The van der Waals surface area contributed by atoms with Crippen LogP contribution in [0.2, 0.25) is 0 Å². The number of benzene rings is 1. The first-order valence-electron chi connectivity index (χ1n) is 11.9. The molecular formula is C25H35NO12. The lowest BCUT2D eigenvalue weighted by Gasteiger charge is -2.31. The summed E-state index contributed by atoms with van der Waals surface area (Å²) in [6.07, 6.45) is -3.16. The third kappa shape index (κ3) is 10.9. The molecule has 212 valence electrons. The van der Waals surface area contributed by atoms with Crippen LogP contribution < -0.4 is 14.8 Å². The zero-order chi connectivity index (χ0) is 29.0. The minimum absolute atomic E-state index is 0.00443. The Morgan fingerprint density at radius 1 is 0.921 bits per heavy atom. The maximum Gasteiger partial charge on any atom is 0.513 e. The van der Waals surface area contributed by atoms with Gasteiger partial charge in [0.15, 0.2) is 11.5 Å². The van der Waals surface area contributed by atoms with Crippen molar-refractivity contribution in [2.75, 3.05) is 19.8 Å².